The van der Waals surface area contributed by atoms with Gasteiger partial charge in [-0.15, -0.1) is 0 Å². The first-order valence-electron chi connectivity index (χ1n) is 10.1. The SMILES string of the molecule is NC1C(CO)OC(OP(=O)(O)OP(=O)(O)OC[C@H]2O[C@@H](n3ccc(=O)[nH]c3=O)[C@H](O)[C@@H]2O)C(O)C1O. The smallest absolute Gasteiger partial charge is 0.394 e. The van der Waals surface area contributed by atoms with E-state index in [1.807, 2.05) is 4.98 Å². The first-order chi connectivity index (χ1) is 16.7. The second-order valence-corrected chi connectivity index (χ2v) is 10.8. The molecule has 2 fully saturated rings. The summed E-state index contributed by atoms with van der Waals surface area (Å²) in [5, 5.41) is 49.2. The largest absolute Gasteiger partial charge is 0.483 e. The third-order valence-electron chi connectivity index (χ3n) is 5.25. The number of rotatable bonds is 9. The predicted molar refractivity (Wildman–Crippen MR) is 111 cm³/mol. The van der Waals surface area contributed by atoms with Crippen LogP contribution >= 0.6 is 15.6 Å². The van der Waals surface area contributed by atoms with E-state index in [2.05, 4.69) is 13.4 Å². The van der Waals surface area contributed by atoms with Crippen LogP contribution < -0.4 is 17.0 Å². The molecule has 2 aliphatic heterocycles. The molecule has 11 atom stereocenters. The number of hydrogen-bond donors (Lipinski definition) is 9. The summed E-state index contributed by atoms with van der Waals surface area (Å²) < 4.78 is 48.4. The number of nitrogens with one attached hydrogen (secondary N) is 1. The molecule has 3 heterocycles. The minimum Gasteiger partial charge on any atom is -0.394 e. The van der Waals surface area contributed by atoms with Crippen LogP contribution in [0, 0.1) is 0 Å². The number of nitrogens with zero attached hydrogens (tertiary/aromatic N) is 1. The number of aliphatic hydroxyl groups is 5. The molecule has 0 aromatic carbocycles. The Labute approximate surface area is 200 Å². The molecule has 0 bridgehead atoms. The molecule has 36 heavy (non-hydrogen) atoms. The minimum atomic E-state index is -5.55. The number of aromatic nitrogens is 2. The Hall–Kier alpha value is -1.38. The maximum Gasteiger partial charge on any atom is 0.483 e. The zero-order valence-electron chi connectivity index (χ0n) is 18.0. The summed E-state index contributed by atoms with van der Waals surface area (Å²) in [5.41, 5.74) is 3.80. The fourth-order valence-corrected chi connectivity index (χ4v) is 5.56. The summed E-state index contributed by atoms with van der Waals surface area (Å²) in [6.45, 7) is -1.78. The lowest BCUT2D eigenvalue weighted by molar-refractivity contribution is -0.251. The molecule has 0 aliphatic carbocycles. The van der Waals surface area contributed by atoms with Crippen molar-refractivity contribution in [2.24, 2.45) is 5.73 Å². The Balaban J connectivity index is 1.61. The van der Waals surface area contributed by atoms with Gasteiger partial charge in [-0.05, 0) is 0 Å². The summed E-state index contributed by atoms with van der Waals surface area (Å²) in [7, 11) is -11.0. The van der Waals surface area contributed by atoms with E-state index in [4.69, 9.17) is 15.2 Å². The molecule has 1 aromatic rings. The van der Waals surface area contributed by atoms with E-state index in [0.717, 1.165) is 16.8 Å². The Morgan fingerprint density at radius 1 is 1.00 bits per heavy atom. The molecule has 21 heteroatoms. The zero-order valence-corrected chi connectivity index (χ0v) is 19.8. The van der Waals surface area contributed by atoms with E-state index in [-0.39, 0.29) is 0 Å². The number of ether oxygens (including phenoxy) is 2. The van der Waals surface area contributed by atoms with E-state index in [0.29, 0.717) is 0 Å². The number of aliphatic hydroxyl groups excluding tert-OH is 5. The van der Waals surface area contributed by atoms with Crippen LogP contribution in [0.25, 0.3) is 0 Å². The predicted octanol–water partition coefficient (Wildman–Crippen LogP) is -4.83. The third-order valence-corrected chi connectivity index (χ3v) is 7.85. The Morgan fingerprint density at radius 2 is 1.67 bits per heavy atom. The summed E-state index contributed by atoms with van der Waals surface area (Å²) in [5.74, 6) is 0. The highest BCUT2D eigenvalue weighted by molar-refractivity contribution is 7.61. The zero-order chi connectivity index (χ0) is 27.0. The van der Waals surface area contributed by atoms with Crippen molar-refractivity contribution in [3.8, 4) is 0 Å². The molecule has 2 saturated heterocycles. The summed E-state index contributed by atoms with van der Waals surface area (Å²) >= 11 is 0. The van der Waals surface area contributed by atoms with Crippen LogP contribution in [-0.2, 0) is 32.0 Å². The molecular weight excluding hydrogens is 540 g/mol. The Kier molecular flexibility index (Phi) is 9.05. The van der Waals surface area contributed by atoms with Crippen molar-refractivity contribution in [2.45, 2.75) is 55.2 Å². The fourth-order valence-electron chi connectivity index (χ4n) is 3.40. The van der Waals surface area contributed by atoms with E-state index in [1.54, 1.807) is 0 Å². The van der Waals surface area contributed by atoms with Gasteiger partial charge < -0.3 is 50.5 Å². The van der Waals surface area contributed by atoms with Gasteiger partial charge in [0.2, 0.25) is 0 Å². The number of phosphoric acid groups is 2. The van der Waals surface area contributed by atoms with E-state index in [9.17, 15) is 54.0 Å². The van der Waals surface area contributed by atoms with Gasteiger partial charge in [-0.1, -0.05) is 0 Å². The molecule has 0 radical (unpaired) electrons. The lowest BCUT2D eigenvalue weighted by Gasteiger charge is -2.40. The second kappa shape index (κ2) is 11.2. The fraction of sp³-hybridized carbons (Fsp3) is 0.733. The highest BCUT2D eigenvalue weighted by Crippen LogP contribution is 2.61. The number of H-pyrrole nitrogens is 1. The summed E-state index contributed by atoms with van der Waals surface area (Å²) in [6.07, 6.45) is -12.9. The van der Waals surface area contributed by atoms with Crippen LogP contribution in [0.3, 0.4) is 0 Å². The molecule has 0 amide bonds. The molecule has 3 rings (SSSR count). The number of phosphoric ester groups is 2. The topological polar surface area (TPSA) is 303 Å². The number of nitrogens with two attached hydrogens (primary N) is 1. The highest BCUT2D eigenvalue weighted by atomic mass is 31.3. The molecule has 19 nitrogen and oxygen atoms in total. The van der Waals surface area contributed by atoms with Gasteiger partial charge in [0.25, 0.3) is 5.56 Å². The van der Waals surface area contributed by atoms with Crippen LogP contribution in [0.15, 0.2) is 21.9 Å². The standard InChI is InChI=1S/C15H25N3O16P2/c16-8-5(3-19)32-14(12(24)10(8)22)33-36(28,29)34-35(26,27)30-4-6-9(21)11(23)13(31-6)18-2-1-7(20)17-15(18)25/h1-2,5-6,8-14,19,21-24H,3-4,16H2,(H,26,27)(H,28,29)(H,17,20,25)/t5?,6-,8?,9-,10?,11-,12?,13-,14?/m1/s1. The van der Waals surface area contributed by atoms with Gasteiger partial charge in [-0.3, -0.25) is 23.4 Å². The highest BCUT2D eigenvalue weighted by Gasteiger charge is 2.49. The van der Waals surface area contributed by atoms with Crippen LogP contribution in [0.2, 0.25) is 0 Å². The summed E-state index contributed by atoms with van der Waals surface area (Å²) in [4.78, 5) is 44.6. The van der Waals surface area contributed by atoms with Crippen molar-refractivity contribution in [3.05, 3.63) is 33.1 Å². The average molecular weight is 565 g/mol. The average Bonchev–Trinajstić information content (AvgIpc) is 3.06. The molecule has 7 unspecified atom stereocenters. The monoisotopic (exact) mass is 565 g/mol. The van der Waals surface area contributed by atoms with Crippen molar-refractivity contribution in [3.63, 3.8) is 0 Å². The number of aromatic amines is 1. The maximum atomic E-state index is 12.2. The van der Waals surface area contributed by atoms with Gasteiger partial charge >= 0.3 is 21.3 Å². The Morgan fingerprint density at radius 3 is 2.28 bits per heavy atom. The lowest BCUT2D eigenvalue weighted by Crippen LogP contribution is -2.62. The van der Waals surface area contributed by atoms with Gasteiger partial charge in [-0.2, -0.15) is 4.31 Å². The molecular formula is C15H25N3O16P2. The van der Waals surface area contributed by atoms with Crippen LogP contribution in [-0.4, -0.2) is 107 Å². The van der Waals surface area contributed by atoms with E-state index in [1.165, 1.54) is 0 Å². The first kappa shape index (κ1) is 29.2. The van der Waals surface area contributed by atoms with Crippen molar-refractivity contribution in [1.82, 2.24) is 9.55 Å². The minimum absolute atomic E-state index is 0.732. The molecule has 2 aliphatic rings. The van der Waals surface area contributed by atoms with Crippen LogP contribution in [0.4, 0.5) is 0 Å². The van der Waals surface area contributed by atoms with E-state index < -0.39 is 95.3 Å². The van der Waals surface area contributed by atoms with Crippen molar-refractivity contribution < 1.29 is 67.3 Å². The van der Waals surface area contributed by atoms with Gasteiger partial charge in [0, 0.05) is 12.3 Å². The Bertz CT molecular complexity index is 1130. The van der Waals surface area contributed by atoms with Gasteiger partial charge in [-0.25, -0.2) is 13.9 Å². The quantitative estimate of drug-likeness (QED) is 0.127. The second-order valence-electron chi connectivity index (χ2n) is 7.77. The van der Waals surface area contributed by atoms with Gasteiger partial charge in [0.05, 0.1) is 19.3 Å². The van der Waals surface area contributed by atoms with Crippen LogP contribution in [0.5, 0.6) is 0 Å². The van der Waals surface area contributed by atoms with Crippen molar-refractivity contribution >= 4 is 15.6 Å². The van der Waals surface area contributed by atoms with Gasteiger partial charge in [0.1, 0.15) is 36.6 Å². The van der Waals surface area contributed by atoms with Crippen molar-refractivity contribution in [1.29, 1.82) is 0 Å². The summed E-state index contributed by atoms with van der Waals surface area (Å²) in [6, 6.07) is -0.356. The molecule has 0 saturated carbocycles. The molecule has 1 aromatic heterocycles. The molecule has 10 N–H and O–H groups in total. The van der Waals surface area contributed by atoms with Crippen molar-refractivity contribution in [2.75, 3.05) is 13.2 Å². The van der Waals surface area contributed by atoms with E-state index >= 15 is 0 Å². The first-order valence-corrected chi connectivity index (χ1v) is 13.1. The maximum absolute atomic E-state index is 12.2. The van der Waals surface area contributed by atoms with Crippen LogP contribution in [0.1, 0.15) is 6.23 Å². The molecule has 206 valence electrons. The lowest BCUT2D eigenvalue weighted by atomic mass is 9.97. The third kappa shape index (κ3) is 6.54. The molecule has 0 spiro atoms. The number of hydrogen-bond acceptors (Lipinski definition) is 15. The normalized spacial score (nSPS) is 38.4. The van der Waals surface area contributed by atoms with Gasteiger partial charge in [0.15, 0.2) is 12.5 Å².